The second-order valence-electron chi connectivity index (χ2n) is 4.01. The summed E-state index contributed by atoms with van der Waals surface area (Å²) in [5.41, 5.74) is 2.37. The third-order valence-electron chi connectivity index (χ3n) is 3.05. The van der Waals surface area contributed by atoms with Crippen molar-refractivity contribution in [1.82, 2.24) is 0 Å². The van der Waals surface area contributed by atoms with Gasteiger partial charge in [0.25, 0.3) is 0 Å². The molecule has 0 spiro atoms. The molecule has 0 bridgehead atoms. The van der Waals surface area contributed by atoms with E-state index in [0.717, 1.165) is 5.56 Å². The minimum Gasteiger partial charge on any atom is -0.507 e. The van der Waals surface area contributed by atoms with Gasteiger partial charge < -0.3 is 9.84 Å². The molecule has 0 amide bonds. The molecule has 1 rings (SSSR count). The summed E-state index contributed by atoms with van der Waals surface area (Å²) in [4.78, 5) is 11.8. The number of esters is 1. The fraction of sp³-hybridized carbons (Fsp3) is 0.429. The quantitative estimate of drug-likeness (QED) is 0.833. The molecule has 0 radical (unpaired) electrons. The Bertz CT molecular complexity index is 527. The maximum absolute atomic E-state index is 11.8. The van der Waals surface area contributed by atoms with Gasteiger partial charge in [-0.25, -0.2) is 4.79 Å². The molecule has 0 atom stereocenters. The topological polar surface area (TPSA) is 70.3 Å². The van der Waals surface area contributed by atoms with Crippen LogP contribution in [0.2, 0.25) is 0 Å². The van der Waals surface area contributed by atoms with E-state index in [0.29, 0.717) is 23.1 Å². The van der Waals surface area contributed by atoms with Crippen LogP contribution in [0.25, 0.3) is 0 Å². The highest BCUT2D eigenvalue weighted by Gasteiger charge is 2.23. The zero-order valence-corrected chi connectivity index (χ0v) is 11.1. The summed E-state index contributed by atoms with van der Waals surface area (Å²) in [6, 6.07) is 2.08. The van der Waals surface area contributed by atoms with Crippen molar-refractivity contribution in [2.24, 2.45) is 0 Å². The average molecular weight is 247 g/mol. The number of carbonyl (C=O) groups excluding carboxylic acids is 1. The summed E-state index contributed by atoms with van der Waals surface area (Å²) in [5, 5.41) is 19.3. The summed E-state index contributed by atoms with van der Waals surface area (Å²) in [6.45, 7) is 7.23. The van der Waals surface area contributed by atoms with Crippen LogP contribution >= 0.6 is 0 Å². The third kappa shape index (κ3) is 2.17. The molecular weight excluding hydrogens is 230 g/mol. The van der Waals surface area contributed by atoms with Crippen LogP contribution in [0.15, 0.2) is 0 Å². The molecule has 4 heteroatoms. The number of nitriles is 1. The van der Waals surface area contributed by atoms with Crippen molar-refractivity contribution >= 4 is 5.97 Å². The lowest BCUT2D eigenvalue weighted by Crippen LogP contribution is -2.11. The smallest absolute Gasteiger partial charge is 0.342 e. The first-order valence-corrected chi connectivity index (χ1v) is 5.91. The van der Waals surface area contributed by atoms with Gasteiger partial charge in [-0.2, -0.15) is 5.26 Å². The van der Waals surface area contributed by atoms with E-state index < -0.39 is 5.97 Å². The van der Waals surface area contributed by atoms with Gasteiger partial charge in [0.05, 0.1) is 18.2 Å². The number of aromatic hydroxyl groups is 1. The molecule has 0 aliphatic rings. The zero-order valence-electron chi connectivity index (χ0n) is 11.1. The minimum absolute atomic E-state index is 0.0649. The monoisotopic (exact) mass is 247 g/mol. The zero-order chi connectivity index (χ0) is 13.9. The van der Waals surface area contributed by atoms with Crippen molar-refractivity contribution in [3.63, 3.8) is 0 Å². The second-order valence-corrected chi connectivity index (χ2v) is 4.01. The van der Waals surface area contributed by atoms with E-state index in [1.807, 2.05) is 6.92 Å². The van der Waals surface area contributed by atoms with Crippen LogP contribution in [-0.2, 0) is 11.2 Å². The van der Waals surface area contributed by atoms with Crippen molar-refractivity contribution in [1.29, 1.82) is 5.26 Å². The van der Waals surface area contributed by atoms with Gasteiger partial charge in [0.15, 0.2) is 0 Å². The summed E-state index contributed by atoms with van der Waals surface area (Å²) < 4.78 is 4.92. The summed E-state index contributed by atoms with van der Waals surface area (Å²) in [5.74, 6) is -0.649. The number of carbonyl (C=O) groups is 1. The van der Waals surface area contributed by atoms with Gasteiger partial charge >= 0.3 is 5.97 Å². The molecule has 1 aromatic rings. The van der Waals surface area contributed by atoms with E-state index in [1.54, 1.807) is 20.8 Å². The van der Waals surface area contributed by atoms with Crippen LogP contribution in [0, 0.1) is 25.2 Å². The van der Waals surface area contributed by atoms with E-state index in [4.69, 9.17) is 10.00 Å². The normalized spacial score (nSPS) is 9.94. The number of ether oxygens (including phenoxy) is 1. The molecule has 0 unspecified atom stereocenters. The minimum atomic E-state index is -0.585. The van der Waals surface area contributed by atoms with Crippen molar-refractivity contribution in [3.8, 4) is 11.8 Å². The van der Waals surface area contributed by atoms with Crippen molar-refractivity contribution in [3.05, 3.63) is 27.8 Å². The molecule has 0 saturated heterocycles. The number of rotatable bonds is 3. The van der Waals surface area contributed by atoms with E-state index >= 15 is 0 Å². The van der Waals surface area contributed by atoms with Gasteiger partial charge in [-0.15, -0.1) is 0 Å². The number of benzene rings is 1. The molecule has 0 saturated carbocycles. The molecule has 0 aliphatic carbocycles. The van der Waals surface area contributed by atoms with E-state index in [9.17, 15) is 9.90 Å². The molecule has 18 heavy (non-hydrogen) atoms. The first kappa shape index (κ1) is 14.0. The summed E-state index contributed by atoms with van der Waals surface area (Å²) in [7, 11) is 0. The average Bonchev–Trinajstić information content (AvgIpc) is 2.30. The summed E-state index contributed by atoms with van der Waals surface area (Å²) >= 11 is 0. The Morgan fingerprint density at radius 3 is 2.39 bits per heavy atom. The maximum atomic E-state index is 11.8. The van der Waals surface area contributed by atoms with Crippen LogP contribution in [0.5, 0.6) is 5.75 Å². The number of hydrogen-bond donors (Lipinski definition) is 1. The molecule has 96 valence electrons. The Labute approximate surface area is 107 Å². The van der Waals surface area contributed by atoms with Crippen LogP contribution < -0.4 is 0 Å². The Morgan fingerprint density at radius 1 is 1.33 bits per heavy atom. The Morgan fingerprint density at radius 2 is 1.94 bits per heavy atom. The first-order valence-electron chi connectivity index (χ1n) is 5.91. The highest BCUT2D eigenvalue weighted by atomic mass is 16.5. The fourth-order valence-corrected chi connectivity index (χ4v) is 2.12. The lowest BCUT2D eigenvalue weighted by atomic mass is 9.91. The fourth-order valence-electron chi connectivity index (χ4n) is 2.12. The van der Waals surface area contributed by atoms with Crippen LogP contribution in [0.4, 0.5) is 0 Å². The highest BCUT2D eigenvalue weighted by molar-refractivity contribution is 5.95. The number of nitrogens with zero attached hydrogens (tertiary/aromatic N) is 1. The van der Waals surface area contributed by atoms with Gasteiger partial charge in [-0.1, -0.05) is 6.92 Å². The van der Waals surface area contributed by atoms with E-state index in [1.165, 1.54) is 0 Å². The molecule has 0 aromatic heterocycles. The first-order chi connectivity index (χ1) is 8.49. The molecule has 1 aromatic carbocycles. The number of phenolic OH excluding ortho intramolecular Hbond substituents is 1. The third-order valence-corrected chi connectivity index (χ3v) is 3.05. The van der Waals surface area contributed by atoms with Crippen molar-refractivity contribution < 1.29 is 14.6 Å². The maximum Gasteiger partial charge on any atom is 0.342 e. The molecular formula is C14H17NO3. The molecule has 0 fully saturated rings. The molecule has 1 N–H and O–H groups in total. The standard InChI is InChI=1S/C14H17NO3/c1-5-10-8(3)11(7-15)9(4)12(13(10)16)14(17)18-6-2/h16H,5-6H2,1-4H3. The molecule has 0 heterocycles. The second kappa shape index (κ2) is 5.54. The Hall–Kier alpha value is -2.02. The SMILES string of the molecule is CCOC(=O)c1c(C)c(C#N)c(C)c(CC)c1O. The number of hydrogen-bond acceptors (Lipinski definition) is 4. The Balaban J connectivity index is 3.62. The van der Waals surface area contributed by atoms with Gasteiger partial charge in [0.1, 0.15) is 11.3 Å². The van der Waals surface area contributed by atoms with Crippen LogP contribution in [-0.4, -0.2) is 17.7 Å². The highest BCUT2D eigenvalue weighted by Crippen LogP contribution is 2.33. The lowest BCUT2D eigenvalue weighted by Gasteiger charge is -2.15. The van der Waals surface area contributed by atoms with Crippen LogP contribution in [0.3, 0.4) is 0 Å². The Kier molecular flexibility index (Phi) is 4.33. The number of phenols is 1. The van der Waals surface area contributed by atoms with Crippen molar-refractivity contribution in [2.45, 2.75) is 34.1 Å². The summed E-state index contributed by atoms with van der Waals surface area (Å²) in [6.07, 6.45) is 0.555. The predicted octanol–water partition coefficient (Wildman–Crippen LogP) is 2.62. The van der Waals surface area contributed by atoms with Gasteiger partial charge in [0, 0.05) is 0 Å². The van der Waals surface area contributed by atoms with Crippen LogP contribution in [0.1, 0.15) is 46.5 Å². The van der Waals surface area contributed by atoms with Gasteiger partial charge in [-0.3, -0.25) is 0 Å². The van der Waals surface area contributed by atoms with Crippen molar-refractivity contribution in [2.75, 3.05) is 6.61 Å². The lowest BCUT2D eigenvalue weighted by molar-refractivity contribution is 0.0522. The van der Waals surface area contributed by atoms with Gasteiger partial charge in [-0.05, 0) is 43.9 Å². The predicted molar refractivity (Wildman–Crippen MR) is 67.6 cm³/mol. The van der Waals surface area contributed by atoms with Gasteiger partial charge in [0.2, 0.25) is 0 Å². The largest absolute Gasteiger partial charge is 0.507 e. The van der Waals surface area contributed by atoms with E-state index in [-0.39, 0.29) is 17.9 Å². The molecule has 0 aliphatic heterocycles. The van der Waals surface area contributed by atoms with E-state index in [2.05, 4.69) is 6.07 Å². The molecule has 4 nitrogen and oxygen atoms in total.